The van der Waals surface area contributed by atoms with Gasteiger partial charge in [-0.2, -0.15) is 4.31 Å². The molecule has 0 atom stereocenters. The van der Waals surface area contributed by atoms with Crippen LogP contribution < -0.4 is 4.74 Å². The molecule has 22 heavy (non-hydrogen) atoms. The fourth-order valence-electron chi connectivity index (χ4n) is 1.90. The van der Waals surface area contributed by atoms with Crippen LogP contribution in [0.25, 0.3) is 0 Å². The van der Waals surface area contributed by atoms with E-state index >= 15 is 0 Å². The minimum atomic E-state index is -3.72. The van der Waals surface area contributed by atoms with Gasteiger partial charge in [0.25, 0.3) is 0 Å². The van der Waals surface area contributed by atoms with Gasteiger partial charge in [0, 0.05) is 17.5 Å². The van der Waals surface area contributed by atoms with Crippen molar-refractivity contribution in [2.24, 2.45) is 0 Å². The Hall–Kier alpha value is -1.15. The molecule has 120 valence electrons. The maximum absolute atomic E-state index is 12.8. The minimum absolute atomic E-state index is 0.0719. The Labute approximate surface area is 139 Å². The van der Waals surface area contributed by atoms with E-state index in [4.69, 9.17) is 16.3 Å². The monoisotopic (exact) mass is 360 g/mol. The molecule has 0 unspecified atom stereocenters. The van der Waals surface area contributed by atoms with Crippen LogP contribution in [-0.2, 0) is 16.6 Å². The third-order valence-corrected chi connectivity index (χ3v) is 5.95. The van der Waals surface area contributed by atoms with Gasteiger partial charge in [-0.25, -0.2) is 13.4 Å². The highest BCUT2D eigenvalue weighted by atomic mass is 35.5. The maximum atomic E-state index is 12.8. The Morgan fingerprint density at radius 2 is 2.14 bits per heavy atom. The average molecular weight is 361 g/mol. The summed E-state index contributed by atoms with van der Waals surface area (Å²) in [6.45, 7) is 4.18. The molecule has 1 aromatic carbocycles. The van der Waals surface area contributed by atoms with E-state index in [-0.39, 0.29) is 11.4 Å². The van der Waals surface area contributed by atoms with Gasteiger partial charge in [0.15, 0.2) is 0 Å². The molecule has 0 fully saturated rings. The Morgan fingerprint density at radius 3 is 2.73 bits per heavy atom. The Morgan fingerprint density at radius 1 is 1.41 bits per heavy atom. The molecule has 8 heteroatoms. The second kappa shape index (κ2) is 6.95. The lowest BCUT2D eigenvalue weighted by Gasteiger charge is -2.19. The van der Waals surface area contributed by atoms with Crippen LogP contribution in [0.15, 0.2) is 27.9 Å². The minimum Gasteiger partial charge on any atom is -0.492 e. The van der Waals surface area contributed by atoms with E-state index in [1.54, 1.807) is 25.4 Å². The van der Waals surface area contributed by atoms with Crippen LogP contribution in [0.2, 0.25) is 5.02 Å². The summed E-state index contributed by atoms with van der Waals surface area (Å²) in [7, 11) is -2.21. The van der Waals surface area contributed by atoms with Crippen molar-refractivity contribution in [2.75, 3.05) is 13.7 Å². The van der Waals surface area contributed by atoms with Crippen LogP contribution in [-0.4, -0.2) is 31.4 Å². The van der Waals surface area contributed by atoms with Crippen molar-refractivity contribution in [3.05, 3.63) is 39.3 Å². The zero-order valence-corrected chi connectivity index (χ0v) is 14.9. The van der Waals surface area contributed by atoms with Crippen molar-refractivity contribution in [2.45, 2.75) is 25.3 Å². The summed E-state index contributed by atoms with van der Waals surface area (Å²) in [6.07, 6.45) is 0. The zero-order chi connectivity index (χ0) is 16.3. The summed E-state index contributed by atoms with van der Waals surface area (Å²) in [5, 5.41) is 2.21. The lowest BCUT2D eigenvalue weighted by atomic mass is 10.2. The number of aryl methyl sites for hydroxylation is 1. The molecule has 5 nitrogen and oxygen atoms in total. The molecule has 0 spiro atoms. The van der Waals surface area contributed by atoms with Gasteiger partial charge in [-0.05, 0) is 31.5 Å². The average Bonchev–Trinajstić information content (AvgIpc) is 2.95. The standard InChI is InChI=1S/C14H17ClN2O3S2/c1-4-20-13-5-10(2)12(15)6-14(13)22(18,19)17(3)7-11-8-21-9-16-11/h5-6,8-9H,4,7H2,1-3H3. The van der Waals surface area contributed by atoms with Gasteiger partial charge in [0.1, 0.15) is 10.6 Å². The first-order chi connectivity index (χ1) is 10.4. The van der Waals surface area contributed by atoms with E-state index in [0.29, 0.717) is 23.1 Å². The largest absolute Gasteiger partial charge is 0.492 e. The Balaban J connectivity index is 2.41. The van der Waals surface area contributed by atoms with Crippen molar-refractivity contribution in [1.29, 1.82) is 0 Å². The van der Waals surface area contributed by atoms with Gasteiger partial charge >= 0.3 is 0 Å². The van der Waals surface area contributed by atoms with Crippen molar-refractivity contribution >= 4 is 33.0 Å². The van der Waals surface area contributed by atoms with E-state index in [2.05, 4.69) is 4.98 Å². The topological polar surface area (TPSA) is 59.5 Å². The first kappa shape index (κ1) is 17.2. The first-order valence-corrected chi connectivity index (χ1v) is 9.38. The molecule has 0 aliphatic heterocycles. The highest BCUT2D eigenvalue weighted by Crippen LogP contribution is 2.32. The molecular formula is C14H17ClN2O3S2. The lowest BCUT2D eigenvalue weighted by Crippen LogP contribution is -2.27. The lowest BCUT2D eigenvalue weighted by molar-refractivity contribution is 0.329. The SMILES string of the molecule is CCOc1cc(C)c(Cl)cc1S(=O)(=O)N(C)Cc1cscn1. The van der Waals surface area contributed by atoms with Gasteiger partial charge in [0.05, 0.1) is 24.4 Å². The summed E-state index contributed by atoms with van der Waals surface area (Å²) in [5.41, 5.74) is 3.14. The number of halogens is 1. The van der Waals surface area contributed by atoms with Gasteiger partial charge in [0.2, 0.25) is 10.0 Å². The Bertz CT molecular complexity index is 746. The summed E-state index contributed by atoms with van der Waals surface area (Å²) in [6, 6.07) is 3.09. The van der Waals surface area contributed by atoms with Gasteiger partial charge in [-0.15, -0.1) is 11.3 Å². The summed E-state index contributed by atoms with van der Waals surface area (Å²) in [4.78, 5) is 4.18. The third kappa shape index (κ3) is 3.60. The molecule has 0 bridgehead atoms. The predicted molar refractivity (Wildman–Crippen MR) is 88.1 cm³/mol. The summed E-state index contributed by atoms with van der Waals surface area (Å²) < 4.78 is 32.3. The number of ether oxygens (including phenoxy) is 1. The van der Waals surface area contributed by atoms with E-state index < -0.39 is 10.0 Å². The molecule has 0 aliphatic rings. The highest BCUT2D eigenvalue weighted by Gasteiger charge is 2.26. The highest BCUT2D eigenvalue weighted by molar-refractivity contribution is 7.89. The zero-order valence-electron chi connectivity index (χ0n) is 12.5. The molecule has 0 saturated carbocycles. The van der Waals surface area contributed by atoms with E-state index in [9.17, 15) is 8.42 Å². The molecule has 1 aromatic heterocycles. The van der Waals surface area contributed by atoms with E-state index in [1.165, 1.54) is 28.8 Å². The number of thiazole rings is 1. The molecule has 2 rings (SSSR count). The van der Waals surface area contributed by atoms with Crippen LogP contribution in [0.5, 0.6) is 5.75 Å². The normalized spacial score (nSPS) is 11.9. The van der Waals surface area contributed by atoms with E-state index in [1.807, 2.05) is 5.38 Å². The smallest absolute Gasteiger partial charge is 0.246 e. The second-order valence-corrected chi connectivity index (χ2v) is 7.86. The molecular weight excluding hydrogens is 344 g/mol. The summed E-state index contributed by atoms with van der Waals surface area (Å²) in [5.74, 6) is 0.314. The third-order valence-electron chi connectivity index (χ3n) is 3.08. The first-order valence-electron chi connectivity index (χ1n) is 6.62. The molecule has 0 N–H and O–H groups in total. The molecule has 0 radical (unpaired) electrons. The van der Waals surface area contributed by atoms with E-state index in [0.717, 1.165) is 5.56 Å². The van der Waals surface area contributed by atoms with Crippen molar-refractivity contribution in [1.82, 2.24) is 9.29 Å². The molecule has 1 heterocycles. The van der Waals surface area contributed by atoms with Gasteiger partial charge in [-0.1, -0.05) is 11.6 Å². The van der Waals surface area contributed by atoms with Gasteiger partial charge in [-0.3, -0.25) is 0 Å². The van der Waals surface area contributed by atoms with Crippen molar-refractivity contribution < 1.29 is 13.2 Å². The number of hydrogen-bond donors (Lipinski definition) is 0. The van der Waals surface area contributed by atoms with Crippen molar-refractivity contribution in [3.63, 3.8) is 0 Å². The fraction of sp³-hybridized carbons (Fsp3) is 0.357. The molecule has 0 saturated heterocycles. The van der Waals surface area contributed by atoms with Crippen LogP contribution in [0, 0.1) is 6.92 Å². The maximum Gasteiger partial charge on any atom is 0.246 e. The van der Waals surface area contributed by atoms with Gasteiger partial charge < -0.3 is 4.74 Å². The second-order valence-electron chi connectivity index (χ2n) is 4.72. The summed E-state index contributed by atoms with van der Waals surface area (Å²) >= 11 is 7.52. The fourth-order valence-corrected chi connectivity index (χ4v) is 3.96. The predicted octanol–water partition coefficient (Wildman–Crippen LogP) is 3.32. The number of nitrogens with zero attached hydrogens (tertiary/aromatic N) is 2. The Kier molecular flexibility index (Phi) is 5.44. The van der Waals surface area contributed by atoms with Crippen LogP contribution >= 0.6 is 22.9 Å². The van der Waals surface area contributed by atoms with Crippen LogP contribution in [0.3, 0.4) is 0 Å². The van der Waals surface area contributed by atoms with Crippen LogP contribution in [0.1, 0.15) is 18.2 Å². The number of benzene rings is 1. The number of hydrogen-bond acceptors (Lipinski definition) is 5. The number of aromatic nitrogens is 1. The van der Waals surface area contributed by atoms with Crippen molar-refractivity contribution in [3.8, 4) is 5.75 Å². The van der Waals surface area contributed by atoms with Crippen LogP contribution in [0.4, 0.5) is 0 Å². The molecule has 0 amide bonds. The number of rotatable bonds is 6. The quantitative estimate of drug-likeness (QED) is 0.792. The number of sulfonamides is 1. The molecule has 0 aliphatic carbocycles. The molecule has 2 aromatic rings.